The Morgan fingerprint density at radius 2 is 1.05 bits per heavy atom. The molecule has 2 aromatic heterocycles. The first-order valence-corrected chi connectivity index (χ1v) is 25.6. The van der Waals surface area contributed by atoms with Gasteiger partial charge in [-0.05, 0) is 104 Å². The molecule has 11 aromatic rings. The number of fused-ring (bicyclic) bond motifs is 4. The van der Waals surface area contributed by atoms with Gasteiger partial charge in [-0.15, -0.1) is 53.6 Å². The van der Waals surface area contributed by atoms with Crippen molar-refractivity contribution in [2.75, 3.05) is 9.80 Å². The van der Waals surface area contributed by atoms with Gasteiger partial charge in [0.2, 0.25) is 5.82 Å². The van der Waals surface area contributed by atoms with Crippen LogP contribution < -0.4 is 14.5 Å². The summed E-state index contributed by atoms with van der Waals surface area (Å²) in [6.45, 7) is 14.1. The number of benzene rings is 9. The van der Waals surface area contributed by atoms with Crippen LogP contribution in [0.2, 0.25) is 0 Å². The number of hydrogen-bond donors (Lipinski definition) is 0. The van der Waals surface area contributed by atoms with Crippen molar-refractivity contribution in [2.24, 2.45) is 0 Å². The number of halogens is 5. The van der Waals surface area contributed by atoms with Crippen LogP contribution in [0.25, 0.3) is 72.1 Å². The normalized spacial score (nSPS) is 12.5. The number of anilines is 4. The number of ether oxygens (including phenoxy) is 1. The van der Waals surface area contributed by atoms with Crippen molar-refractivity contribution in [1.29, 1.82) is 0 Å². The summed E-state index contributed by atoms with van der Waals surface area (Å²) in [6.07, 6.45) is 1.84. The van der Waals surface area contributed by atoms with Crippen LogP contribution in [0, 0.1) is 47.9 Å². The summed E-state index contributed by atoms with van der Waals surface area (Å²) in [5.41, 5.74) is 9.08. The molecule has 0 bridgehead atoms. The third-order valence-corrected chi connectivity index (χ3v) is 14.4. The Morgan fingerprint density at radius 1 is 0.481 bits per heavy atom. The molecular formula is C68H50F5N4OPt-3. The van der Waals surface area contributed by atoms with Crippen LogP contribution in [-0.4, -0.2) is 9.55 Å². The smallest absolute Gasteiger partial charge is 0.200 e. The number of para-hydroxylation sites is 4. The Morgan fingerprint density at radius 3 is 1.68 bits per heavy atom. The molecule has 0 saturated heterocycles. The van der Waals surface area contributed by atoms with Crippen LogP contribution in [0.15, 0.2) is 188 Å². The fraction of sp³-hybridized carbons (Fsp3) is 0.118. The second kappa shape index (κ2) is 20.5. The summed E-state index contributed by atoms with van der Waals surface area (Å²) in [5.74, 6) is -8.63. The van der Waals surface area contributed by atoms with Crippen molar-refractivity contribution >= 4 is 44.6 Å². The predicted molar refractivity (Wildman–Crippen MR) is 303 cm³/mol. The van der Waals surface area contributed by atoms with Gasteiger partial charge in [0.15, 0.2) is 23.3 Å². The Balaban J connectivity index is 0.00000660. The first kappa shape index (κ1) is 52.7. The Labute approximate surface area is 470 Å². The second-order valence-corrected chi connectivity index (χ2v) is 21.6. The van der Waals surface area contributed by atoms with E-state index in [0.29, 0.717) is 34.1 Å². The van der Waals surface area contributed by atoms with Crippen LogP contribution in [0.4, 0.5) is 44.7 Å². The zero-order valence-electron chi connectivity index (χ0n) is 43.9. The summed E-state index contributed by atoms with van der Waals surface area (Å²) < 4.78 is 86.1. The molecule has 5 nitrogen and oxygen atoms in total. The summed E-state index contributed by atoms with van der Waals surface area (Å²) >= 11 is 0. The molecule has 0 unspecified atom stereocenters. The molecule has 11 heteroatoms. The number of pyridine rings is 1. The molecule has 0 amide bonds. The van der Waals surface area contributed by atoms with Gasteiger partial charge in [-0.2, -0.15) is 6.07 Å². The first-order valence-electron chi connectivity index (χ1n) is 25.6. The third-order valence-electron chi connectivity index (χ3n) is 14.4. The summed E-state index contributed by atoms with van der Waals surface area (Å²) in [6, 6.07) is 66.4. The van der Waals surface area contributed by atoms with Crippen LogP contribution in [0.3, 0.4) is 0 Å². The molecule has 0 spiro atoms. The summed E-state index contributed by atoms with van der Waals surface area (Å²) in [4.78, 5) is 8.51. The van der Waals surface area contributed by atoms with Gasteiger partial charge in [-0.3, -0.25) is 0 Å². The van der Waals surface area contributed by atoms with Gasteiger partial charge in [0.05, 0.1) is 5.56 Å². The average Bonchev–Trinajstić information content (AvgIpc) is 4.24. The number of rotatable bonds is 9. The van der Waals surface area contributed by atoms with Gasteiger partial charge < -0.3 is 19.1 Å². The van der Waals surface area contributed by atoms with E-state index in [0.717, 1.165) is 66.6 Å². The van der Waals surface area contributed by atoms with Gasteiger partial charge >= 0.3 is 0 Å². The first-order chi connectivity index (χ1) is 37.5. The van der Waals surface area contributed by atoms with Crippen molar-refractivity contribution in [3.05, 3.63) is 247 Å². The minimum atomic E-state index is -2.23. The number of aromatic nitrogens is 2. The molecule has 1 aliphatic rings. The molecule has 0 radical (unpaired) electrons. The van der Waals surface area contributed by atoms with E-state index in [-0.39, 0.29) is 37.7 Å². The molecular weight excluding hydrogens is 1180 g/mol. The fourth-order valence-electron chi connectivity index (χ4n) is 10.5. The van der Waals surface area contributed by atoms with Crippen LogP contribution in [-0.2, 0) is 31.9 Å². The van der Waals surface area contributed by atoms with Crippen molar-refractivity contribution in [3.63, 3.8) is 0 Å². The fourth-order valence-corrected chi connectivity index (χ4v) is 10.5. The minimum Gasteiger partial charge on any atom is -0.509 e. The molecule has 0 atom stereocenters. The zero-order chi connectivity index (χ0) is 54.2. The molecule has 0 fully saturated rings. The Kier molecular flexibility index (Phi) is 13.7. The number of hydrogen-bond acceptors (Lipinski definition) is 4. The SMILES string of the molecule is CC(C)(C)c1ccnc(-n2c3[c-]c(Oc4[c-]c(N5[CH-]N(c6c(-c7c(F)c(F)c(F)c(F)c7F)cccc6C(C)(C)C)c6ccccc65)cc(-c5cc(-c6ccccc6)cc(-c6ccccc6)c5)c4)ccc3c3ccccc32)c1.[Pt]. The molecule has 396 valence electrons. The van der Waals surface area contributed by atoms with E-state index in [1.165, 1.54) is 6.07 Å². The number of nitrogens with zero attached hydrogens (tertiary/aromatic N) is 4. The molecule has 1 aliphatic heterocycles. The summed E-state index contributed by atoms with van der Waals surface area (Å²) in [7, 11) is 0. The third kappa shape index (κ3) is 9.56. The van der Waals surface area contributed by atoms with E-state index in [4.69, 9.17) is 9.72 Å². The van der Waals surface area contributed by atoms with E-state index in [2.05, 4.69) is 98.1 Å². The minimum absolute atomic E-state index is 0. The maximum atomic E-state index is 16.0. The molecule has 0 aliphatic carbocycles. The molecule has 79 heavy (non-hydrogen) atoms. The topological polar surface area (TPSA) is 33.5 Å². The van der Waals surface area contributed by atoms with E-state index in [9.17, 15) is 4.39 Å². The van der Waals surface area contributed by atoms with Crippen molar-refractivity contribution in [3.8, 4) is 61.8 Å². The second-order valence-electron chi connectivity index (χ2n) is 21.6. The predicted octanol–water partition coefficient (Wildman–Crippen LogP) is 18.9. The Hall–Kier alpha value is -8.33. The van der Waals surface area contributed by atoms with Gasteiger partial charge in [-0.1, -0.05) is 156 Å². The Bertz CT molecular complexity index is 4060. The zero-order valence-corrected chi connectivity index (χ0v) is 46.2. The van der Waals surface area contributed by atoms with Gasteiger partial charge in [-0.25, -0.2) is 26.9 Å². The molecule has 9 aromatic carbocycles. The van der Waals surface area contributed by atoms with E-state index < -0.39 is 40.1 Å². The maximum absolute atomic E-state index is 16.0. The standard InChI is InChI=1S/C68H50F5N4O.Pt/c1-67(2,3)47-30-31-74-59(37-47)77-55-25-14-13-22-51(55)52-29-28-49(39-58(52)77)78-50-36-46(45-33-43(41-18-9-7-10-19-41)32-44(34-45)42-20-11-8-12-21-42)35-48(38-50)75-40-76(57-27-16-15-26-56(57)75)66-53(23-17-24-54(66)68(4,5)6)60-61(69)63(71)65(73)64(72)62(60)70;/h7-37,40H,1-6H3;/q-3;. The molecule has 3 heterocycles. The summed E-state index contributed by atoms with van der Waals surface area (Å²) in [5, 5.41) is 2.00. The monoisotopic (exact) mass is 1230 g/mol. The largest absolute Gasteiger partial charge is 0.509 e. The van der Waals surface area contributed by atoms with Crippen molar-refractivity contribution in [2.45, 2.75) is 52.4 Å². The van der Waals surface area contributed by atoms with E-state index in [1.54, 1.807) is 23.7 Å². The molecule has 0 saturated carbocycles. The van der Waals surface area contributed by atoms with Gasteiger partial charge in [0, 0.05) is 66.9 Å². The van der Waals surface area contributed by atoms with Crippen LogP contribution in [0.1, 0.15) is 52.7 Å². The molecule has 0 N–H and O–H groups in total. The van der Waals surface area contributed by atoms with Gasteiger partial charge in [0.1, 0.15) is 5.82 Å². The van der Waals surface area contributed by atoms with Crippen molar-refractivity contribution in [1.82, 2.24) is 9.55 Å². The van der Waals surface area contributed by atoms with Crippen molar-refractivity contribution < 1.29 is 47.8 Å². The molecule has 12 rings (SSSR count). The van der Waals surface area contributed by atoms with Crippen LogP contribution >= 0.6 is 0 Å². The quantitative estimate of drug-likeness (QED) is 0.0624. The maximum Gasteiger partial charge on any atom is 0.200 e. The average molecular weight is 1230 g/mol. The van der Waals surface area contributed by atoms with Gasteiger partial charge in [0.25, 0.3) is 0 Å². The van der Waals surface area contributed by atoms with E-state index in [1.807, 2.05) is 135 Å². The van der Waals surface area contributed by atoms with E-state index >= 15 is 17.6 Å². The van der Waals surface area contributed by atoms with Crippen LogP contribution in [0.5, 0.6) is 11.5 Å².